The molecule has 1 N–H and O–H groups in total. The maximum absolute atomic E-state index is 13.9. The van der Waals surface area contributed by atoms with E-state index in [1.807, 2.05) is 58.0 Å². The molecule has 0 radical (unpaired) electrons. The molecule has 196 valence electrons. The van der Waals surface area contributed by atoms with Crippen LogP contribution in [0.5, 0.6) is 0 Å². The standard InChI is InChI=1S/C29H35N3O4S/c1-6-27(29(34)30-5)31(19-24-14-12-21(2)13-15-24)28(33)20-32(25-17-22(3)16-23(4)18-25)37(35,36)26-10-8-7-9-11-26/h7-18,27H,6,19-20H2,1-5H3,(H,30,34). The van der Waals surface area contributed by atoms with Crippen molar-refractivity contribution in [3.8, 4) is 0 Å². The number of likely N-dealkylation sites (N-methyl/N-ethyl adjacent to an activating group) is 1. The zero-order valence-corrected chi connectivity index (χ0v) is 22.9. The van der Waals surface area contributed by atoms with Crippen molar-refractivity contribution in [2.45, 2.75) is 51.6 Å². The molecule has 3 aromatic rings. The molecule has 1 atom stereocenters. The Kier molecular flexibility index (Phi) is 9.10. The fraction of sp³-hybridized carbons (Fsp3) is 0.310. The number of aryl methyl sites for hydroxylation is 3. The highest BCUT2D eigenvalue weighted by atomic mass is 32.2. The number of nitrogens with one attached hydrogen (secondary N) is 1. The highest BCUT2D eigenvalue weighted by Crippen LogP contribution is 2.27. The molecule has 0 aliphatic carbocycles. The lowest BCUT2D eigenvalue weighted by Crippen LogP contribution is -2.51. The zero-order valence-electron chi connectivity index (χ0n) is 22.1. The molecule has 7 nitrogen and oxygen atoms in total. The second-order valence-electron chi connectivity index (χ2n) is 9.22. The van der Waals surface area contributed by atoms with Gasteiger partial charge in [0.05, 0.1) is 10.6 Å². The molecule has 0 saturated carbocycles. The molecule has 0 spiro atoms. The van der Waals surface area contributed by atoms with Crippen LogP contribution in [0.3, 0.4) is 0 Å². The summed E-state index contributed by atoms with van der Waals surface area (Å²) in [6, 6.07) is 20.5. The summed E-state index contributed by atoms with van der Waals surface area (Å²) in [5, 5.41) is 2.64. The van der Waals surface area contributed by atoms with Crippen LogP contribution >= 0.6 is 0 Å². The summed E-state index contributed by atoms with van der Waals surface area (Å²) < 4.78 is 28.8. The van der Waals surface area contributed by atoms with Gasteiger partial charge in [-0.05, 0) is 68.1 Å². The molecule has 0 heterocycles. The third-order valence-electron chi connectivity index (χ3n) is 6.21. The predicted octanol–water partition coefficient (Wildman–Crippen LogP) is 4.36. The van der Waals surface area contributed by atoms with Gasteiger partial charge in [0.25, 0.3) is 10.0 Å². The second-order valence-corrected chi connectivity index (χ2v) is 11.1. The molecule has 1 unspecified atom stereocenters. The van der Waals surface area contributed by atoms with E-state index in [1.165, 1.54) is 24.1 Å². The second kappa shape index (κ2) is 12.1. The first-order valence-corrected chi connectivity index (χ1v) is 13.7. The number of hydrogen-bond acceptors (Lipinski definition) is 4. The average molecular weight is 522 g/mol. The molecule has 0 bridgehead atoms. The first-order chi connectivity index (χ1) is 17.6. The lowest BCUT2D eigenvalue weighted by atomic mass is 10.1. The van der Waals surface area contributed by atoms with Gasteiger partial charge in [0.15, 0.2) is 0 Å². The van der Waals surface area contributed by atoms with Crippen molar-refractivity contribution in [2.24, 2.45) is 0 Å². The van der Waals surface area contributed by atoms with Gasteiger partial charge in [0, 0.05) is 13.6 Å². The van der Waals surface area contributed by atoms with Crippen LogP contribution in [0.15, 0.2) is 77.7 Å². The maximum Gasteiger partial charge on any atom is 0.264 e. The number of hydrogen-bond donors (Lipinski definition) is 1. The number of anilines is 1. The molecule has 8 heteroatoms. The van der Waals surface area contributed by atoms with Crippen LogP contribution in [-0.4, -0.2) is 44.8 Å². The number of carbonyl (C=O) groups is 2. The lowest BCUT2D eigenvalue weighted by Gasteiger charge is -2.33. The molecule has 3 aromatic carbocycles. The minimum Gasteiger partial charge on any atom is -0.357 e. The van der Waals surface area contributed by atoms with Gasteiger partial charge in [-0.3, -0.25) is 13.9 Å². The largest absolute Gasteiger partial charge is 0.357 e. The zero-order chi connectivity index (χ0) is 27.2. The molecular weight excluding hydrogens is 486 g/mol. The maximum atomic E-state index is 13.9. The molecule has 37 heavy (non-hydrogen) atoms. The number of benzene rings is 3. The van der Waals surface area contributed by atoms with Crippen LogP contribution in [0.4, 0.5) is 5.69 Å². The SMILES string of the molecule is CCC(C(=O)NC)N(Cc1ccc(C)cc1)C(=O)CN(c1cc(C)cc(C)c1)S(=O)(=O)c1ccccc1. The van der Waals surface area contributed by atoms with E-state index in [-0.39, 0.29) is 17.3 Å². The summed E-state index contributed by atoms with van der Waals surface area (Å²) in [6.07, 6.45) is 0.381. The quantitative estimate of drug-likeness (QED) is 0.430. The van der Waals surface area contributed by atoms with E-state index in [0.29, 0.717) is 12.1 Å². The topological polar surface area (TPSA) is 86.8 Å². The Labute approximate surface area is 220 Å². The normalized spacial score (nSPS) is 12.0. The highest BCUT2D eigenvalue weighted by molar-refractivity contribution is 7.92. The summed E-state index contributed by atoms with van der Waals surface area (Å²) >= 11 is 0. The van der Waals surface area contributed by atoms with Crippen LogP contribution in [0.2, 0.25) is 0 Å². The van der Waals surface area contributed by atoms with E-state index >= 15 is 0 Å². The van der Waals surface area contributed by atoms with E-state index in [0.717, 1.165) is 26.6 Å². The molecule has 0 fully saturated rings. The van der Waals surface area contributed by atoms with Crippen molar-refractivity contribution in [3.63, 3.8) is 0 Å². The van der Waals surface area contributed by atoms with Gasteiger partial charge in [0.1, 0.15) is 12.6 Å². The Bertz CT molecular complexity index is 1320. The Hall–Kier alpha value is -3.65. The number of sulfonamides is 1. The van der Waals surface area contributed by atoms with Crippen LogP contribution in [0.25, 0.3) is 0 Å². The van der Waals surface area contributed by atoms with Gasteiger partial charge in [-0.2, -0.15) is 0 Å². The van der Waals surface area contributed by atoms with Crippen LogP contribution in [-0.2, 0) is 26.2 Å². The van der Waals surface area contributed by atoms with Crippen molar-refractivity contribution in [1.82, 2.24) is 10.2 Å². The van der Waals surface area contributed by atoms with Gasteiger partial charge in [-0.25, -0.2) is 8.42 Å². The van der Waals surface area contributed by atoms with E-state index in [1.54, 1.807) is 30.3 Å². The number of rotatable bonds is 10. The van der Waals surface area contributed by atoms with Crippen molar-refractivity contribution >= 4 is 27.5 Å². The highest BCUT2D eigenvalue weighted by Gasteiger charge is 2.33. The van der Waals surface area contributed by atoms with E-state index in [4.69, 9.17) is 0 Å². The Morgan fingerprint density at radius 1 is 0.865 bits per heavy atom. The van der Waals surface area contributed by atoms with E-state index in [9.17, 15) is 18.0 Å². The minimum absolute atomic E-state index is 0.0883. The molecule has 0 aliphatic heterocycles. The lowest BCUT2D eigenvalue weighted by molar-refractivity contribution is -0.140. The predicted molar refractivity (Wildman–Crippen MR) is 147 cm³/mol. The van der Waals surface area contributed by atoms with Gasteiger partial charge in [0.2, 0.25) is 11.8 Å². The molecule has 3 rings (SSSR count). The summed E-state index contributed by atoms with van der Waals surface area (Å²) in [5.74, 6) is -0.762. The Morgan fingerprint density at radius 2 is 1.46 bits per heavy atom. The average Bonchev–Trinajstić information content (AvgIpc) is 2.87. The molecule has 2 amide bonds. The summed E-state index contributed by atoms with van der Waals surface area (Å²) in [4.78, 5) is 28.2. The number of carbonyl (C=O) groups excluding carboxylic acids is 2. The van der Waals surface area contributed by atoms with Gasteiger partial charge in [-0.1, -0.05) is 61.0 Å². The summed E-state index contributed by atoms with van der Waals surface area (Å²) in [5.41, 5.74) is 4.09. The minimum atomic E-state index is -4.07. The third kappa shape index (κ3) is 6.77. The van der Waals surface area contributed by atoms with Crippen LogP contribution in [0.1, 0.15) is 35.6 Å². The fourth-order valence-corrected chi connectivity index (χ4v) is 5.74. The van der Waals surface area contributed by atoms with E-state index in [2.05, 4.69) is 5.32 Å². The first-order valence-electron chi connectivity index (χ1n) is 12.3. The van der Waals surface area contributed by atoms with E-state index < -0.39 is 28.5 Å². The van der Waals surface area contributed by atoms with Crippen molar-refractivity contribution < 1.29 is 18.0 Å². The van der Waals surface area contributed by atoms with Crippen molar-refractivity contribution in [3.05, 3.63) is 95.1 Å². The molecule has 0 saturated heterocycles. The van der Waals surface area contributed by atoms with Crippen molar-refractivity contribution in [2.75, 3.05) is 17.9 Å². The monoisotopic (exact) mass is 521 g/mol. The molecular formula is C29H35N3O4S. The Morgan fingerprint density at radius 3 is 2.00 bits per heavy atom. The van der Waals surface area contributed by atoms with Gasteiger partial charge in [-0.15, -0.1) is 0 Å². The number of nitrogens with zero attached hydrogens (tertiary/aromatic N) is 2. The fourth-order valence-electron chi connectivity index (χ4n) is 4.32. The van der Waals surface area contributed by atoms with Crippen molar-refractivity contribution in [1.29, 1.82) is 0 Å². The van der Waals surface area contributed by atoms with Crippen LogP contribution < -0.4 is 9.62 Å². The summed E-state index contributed by atoms with van der Waals surface area (Å²) in [6.45, 7) is 7.30. The number of amides is 2. The van der Waals surface area contributed by atoms with Gasteiger partial charge < -0.3 is 10.2 Å². The first kappa shape index (κ1) is 27.9. The smallest absolute Gasteiger partial charge is 0.264 e. The molecule has 0 aliphatic rings. The van der Waals surface area contributed by atoms with Crippen LogP contribution in [0, 0.1) is 20.8 Å². The van der Waals surface area contributed by atoms with Gasteiger partial charge >= 0.3 is 0 Å². The molecule has 0 aromatic heterocycles. The summed E-state index contributed by atoms with van der Waals surface area (Å²) in [7, 11) is -2.54. The Balaban J connectivity index is 2.07. The third-order valence-corrected chi connectivity index (χ3v) is 8.00.